The first-order chi connectivity index (χ1) is 17.5. The summed E-state index contributed by atoms with van der Waals surface area (Å²) in [6.07, 6.45) is 10.2. The van der Waals surface area contributed by atoms with Crippen LogP contribution in [0.3, 0.4) is 0 Å². The van der Waals surface area contributed by atoms with E-state index in [0.29, 0.717) is 24.3 Å². The second-order valence-electron chi connectivity index (χ2n) is 10.1. The van der Waals surface area contributed by atoms with Crippen molar-refractivity contribution in [2.75, 3.05) is 31.6 Å². The lowest BCUT2D eigenvalue weighted by Crippen LogP contribution is -2.46. The zero-order chi connectivity index (χ0) is 24.6. The zero-order valence-corrected chi connectivity index (χ0v) is 21.4. The number of rotatable bonds is 6. The summed E-state index contributed by atoms with van der Waals surface area (Å²) in [5.41, 5.74) is 7.64. The summed E-state index contributed by atoms with van der Waals surface area (Å²) in [5.74, 6) is 0.723. The van der Waals surface area contributed by atoms with Gasteiger partial charge >= 0.3 is 0 Å². The third kappa shape index (κ3) is 4.79. The quantitative estimate of drug-likeness (QED) is 0.518. The molecule has 0 radical (unpaired) electrons. The Morgan fingerprint density at radius 3 is 2.72 bits per heavy atom. The number of morpholine rings is 1. The smallest absolute Gasteiger partial charge is 0.232 e. The maximum absolute atomic E-state index is 12.0. The van der Waals surface area contributed by atoms with Crippen LogP contribution in [0.15, 0.2) is 12.4 Å². The number of thiophene rings is 1. The van der Waals surface area contributed by atoms with Gasteiger partial charge in [-0.1, -0.05) is 0 Å². The number of amides is 1. The molecule has 1 aliphatic heterocycles. The molecule has 3 aliphatic rings. The summed E-state index contributed by atoms with van der Waals surface area (Å²) >= 11 is 1.68. The van der Waals surface area contributed by atoms with E-state index in [0.717, 1.165) is 86.3 Å². The van der Waals surface area contributed by atoms with E-state index in [-0.39, 0.29) is 17.9 Å². The van der Waals surface area contributed by atoms with Gasteiger partial charge in [0.2, 0.25) is 17.7 Å². The largest absolute Gasteiger partial charge is 0.474 e. The van der Waals surface area contributed by atoms with E-state index in [1.165, 1.54) is 4.88 Å². The van der Waals surface area contributed by atoms with Gasteiger partial charge in [0.1, 0.15) is 10.9 Å². The molecule has 36 heavy (non-hydrogen) atoms. The molecule has 6 rings (SSSR count). The molecule has 2 aliphatic carbocycles. The van der Waals surface area contributed by atoms with Gasteiger partial charge in [-0.3, -0.25) is 14.4 Å². The van der Waals surface area contributed by atoms with Crippen LogP contribution in [0.1, 0.15) is 42.5 Å². The second kappa shape index (κ2) is 9.95. The Morgan fingerprint density at radius 2 is 2.00 bits per heavy atom. The van der Waals surface area contributed by atoms with Crippen molar-refractivity contribution in [1.82, 2.24) is 24.6 Å². The molecule has 10 nitrogen and oxygen atoms in total. The lowest BCUT2D eigenvalue weighted by molar-refractivity contribution is -0.122. The SMILES string of the molecule is Cn1cc(Nc2nc(OC3CCC(N4CCOCC4)CC3)c3c4c(sc3n2)CCC(C(N)=O)C4)cn1. The fourth-order valence-electron chi connectivity index (χ4n) is 5.77. The van der Waals surface area contributed by atoms with Crippen molar-refractivity contribution in [2.24, 2.45) is 18.7 Å². The molecule has 11 heteroatoms. The van der Waals surface area contributed by atoms with Crippen molar-refractivity contribution in [3.63, 3.8) is 0 Å². The zero-order valence-electron chi connectivity index (χ0n) is 20.6. The second-order valence-corrected chi connectivity index (χ2v) is 11.2. The topological polar surface area (TPSA) is 120 Å². The predicted octanol–water partition coefficient (Wildman–Crippen LogP) is 2.78. The number of carbonyl (C=O) groups is 1. The van der Waals surface area contributed by atoms with Crippen LogP contribution in [-0.4, -0.2) is 69.0 Å². The van der Waals surface area contributed by atoms with Gasteiger partial charge < -0.3 is 20.5 Å². The third-order valence-corrected chi connectivity index (χ3v) is 8.90. The van der Waals surface area contributed by atoms with Crippen LogP contribution in [0.4, 0.5) is 11.6 Å². The highest BCUT2D eigenvalue weighted by Gasteiger charge is 2.32. The Kier molecular flexibility index (Phi) is 6.53. The number of nitrogens with one attached hydrogen (secondary N) is 1. The third-order valence-electron chi connectivity index (χ3n) is 7.72. The van der Waals surface area contributed by atoms with Gasteiger partial charge in [-0.15, -0.1) is 11.3 Å². The average Bonchev–Trinajstić information content (AvgIpc) is 3.47. The van der Waals surface area contributed by atoms with Gasteiger partial charge in [-0.2, -0.15) is 10.1 Å². The predicted molar refractivity (Wildman–Crippen MR) is 138 cm³/mol. The Bertz CT molecular complexity index is 1240. The molecular formula is C25H33N7O3S. The molecular weight excluding hydrogens is 478 g/mol. The van der Waals surface area contributed by atoms with Crippen LogP contribution < -0.4 is 15.8 Å². The van der Waals surface area contributed by atoms with Crippen molar-refractivity contribution in [3.8, 4) is 5.88 Å². The summed E-state index contributed by atoms with van der Waals surface area (Å²) < 4.78 is 13.9. The maximum atomic E-state index is 12.0. The van der Waals surface area contributed by atoms with Gasteiger partial charge in [0, 0.05) is 43.2 Å². The number of aryl methyl sites for hydroxylation is 2. The molecule has 0 bridgehead atoms. The van der Waals surface area contributed by atoms with Crippen molar-refractivity contribution < 1.29 is 14.3 Å². The molecule has 1 unspecified atom stereocenters. The Labute approximate surface area is 214 Å². The first-order valence-corrected chi connectivity index (χ1v) is 13.7. The average molecular weight is 512 g/mol. The number of primary amides is 1. The summed E-state index contributed by atoms with van der Waals surface area (Å²) in [6, 6.07) is 0.604. The number of hydrogen-bond donors (Lipinski definition) is 2. The molecule has 3 aromatic rings. The fourth-order valence-corrected chi connectivity index (χ4v) is 6.98. The molecule has 1 saturated heterocycles. The molecule has 192 valence electrons. The van der Waals surface area contributed by atoms with E-state index in [1.54, 1.807) is 22.2 Å². The lowest BCUT2D eigenvalue weighted by Gasteiger charge is -2.38. The molecule has 0 aromatic carbocycles. The number of hydrogen-bond acceptors (Lipinski definition) is 9. The Morgan fingerprint density at radius 1 is 1.19 bits per heavy atom. The molecule has 3 N–H and O–H groups in total. The van der Waals surface area contributed by atoms with E-state index in [1.807, 2.05) is 13.2 Å². The monoisotopic (exact) mass is 511 g/mol. The highest BCUT2D eigenvalue weighted by atomic mass is 32.1. The number of nitrogens with zero attached hydrogens (tertiary/aromatic N) is 5. The fraction of sp³-hybridized carbons (Fsp3) is 0.600. The Balaban J connectivity index is 1.28. The summed E-state index contributed by atoms with van der Waals surface area (Å²) in [4.78, 5) is 26.4. The van der Waals surface area contributed by atoms with Crippen molar-refractivity contribution >= 4 is 39.1 Å². The van der Waals surface area contributed by atoms with Crippen LogP contribution >= 0.6 is 11.3 Å². The molecule has 1 amide bonds. The normalized spacial score (nSPS) is 25.0. The van der Waals surface area contributed by atoms with E-state index >= 15 is 0 Å². The Hall–Kier alpha value is -2.76. The van der Waals surface area contributed by atoms with Crippen molar-refractivity contribution in [1.29, 1.82) is 0 Å². The minimum atomic E-state index is -0.236. The van der Waals surface area contributed by atoms with E-state index < -0.39 is 0 Å². The molecule has 4 heterocycles. The molecule has 3 aromatic heterocycles. The van der Waals surface area contributed by atoms with Crippen LogP contribution in [-0.2, 0) is 29.4 Å². The maximum Gasteiger partial charge on any atom is 0.232 e. The van der Waals surface area contributed by atoms with Crippen LogP contribution in [0, 0.1) is 5.92 Å². The van der Waals surface area contributed by atoms with Crippen molar-refractivity contribution in [2.45, 2.75) is 57.1 Å². The number of nitrogens with two attached hydrogens (primary N) is 1. The van der Waals surface area contributed by atoms with Gasteiger partial charge in [0.25, 0.3) is 0 Å². The summed E-state index contributed by atoms with van der Waals surface area (Å²) in [5, 5.41) is 8.46. The lowest BCUT2D eigenvalue weighted by atomic mass is 9.87. The van der Waals surface area contributed by atoms with Crippen molar-refractivity contribution in [3.05, 3.63) is 22.8 Å². The van der Waals surface area contributed by atoms with Crippen LogP contribution in [0.2, 0.25) is 0 Å². The van der Waals surface area contributed by atoms with E-state index in [2.05, 4.69) is 15.3 Å². The first kappa shape index (κ1) is 23.6. The van der Waals surface area contributed by atoms with E-state index in [4.69, 9.17) is 25.2 Å². The highest BCUT2D eigenvalue weighted by Crippen LogP contribution is 2.42. The number of aromatic nitrogens is 4. The molecule has 1 saturated carbocycles. The molecule has 1 atom stereocenters. The van der Waals surface area contributed by atoms with Crippen LogP contribution in [0.25, 0.3) is 10.2 Å². The van der Waals surface area contributed by atoms with Gasteiger partial charge in [-0.25, -0.2) is 4.98 Å². The minimum Gasteiger partial charge on any atom is -0.474 e. The number of fused-ring (bicyclic) bond motifs is 3. The molecule has 0 spiro atoms. The van der Waals surface area contributed by atoms with Crippen LogP contribution in [0.5, 0.6) is 5.88 Å². The number of ether oxygens (including phenoxy) is 2. The molecule has 2 fully saturated rings. The number of anilines is 2. The number of carbonyl (C=O) groups excluding carboxylic acids is 1. The standard InChI is InChI=1S/C25H33N7O3S/c1-31-14-16(13-27-31)28-25-29-23(35-18-5-3-17(4-6-18)32-8-10-34-11-9-32)21-19-12-15(22(26)33)2-7-20(19)36-24(21)30-25/h13-15,17-18H,2-12H2,1H3,(H2,26,33)(H,28,29,30). The van der Waals surface area contributed by atoms with Gasteiger partial charge in [-0.05, 0) is 50.5 Å². The highest BCUT2D eigenvalue weighted by molar-refractivity contribution is 7.18. The van der Waals surface area contributed by atoms with E-state index in [9.17, 15) is 4.79 Å². The summed E-state index contributed by atoms with van der Waals surface area (Å²) in [6.45, 7) is 3.71. The van der Waals surface area contributed by atoms with Gasteiger partial charge in [0.15, 0.2) is 0 Å². The van der Waals surface area contributed by atoms with Gasteiger partial charge in [0.05, 0.1) is 30.5 Å². The first-order valence-electron chi connectivity index (χ1n) is 12.9. The minimum absolute atomic E-state index is 0.109. The summed E-state index contributed by atoms with van der Waals surface area (Å²) in [7, 11) is 1.87.